The fourth-order valence-electron chi connectivity index (χ4n) is 2.77. The summed E-state index contributed by atoms with van der Waals surface area (Å²) in [6.07, 6.45) is 3.09. The van der Waals surface area contributed by atoms with Crippen LogP contribution in [0.15, 0.2) is 36.9 Å². The third kappa shape index (κ3) is 3.56. The Hall–Kier alpha value is -2.10. The number of amides is 1. The van der Waals surface area contributed by atoms with E-state index in [0.717, 1.165) is 18.4 Å². The van der Waals surface area contributed by atoms with Crippen molar-refractivity contribution in [1.82, 2.24) is 4.90 Å². The summed E-state index contributed by atoms with van der Waals surface area (Å²) in [6.45, 7) is 8.69. The Morgan fingerprint density at radius 3 is 2.68 bits per heavy atom. The topological polar surface area (TPSA) is 46.6 Å². The highest BCUT2D eigenvalue weighted by Gasteiger charge is 2.40. The van der Waals surface area contributed by atoms with E-state index in [-0.39, 0.29) is 18.5 Å². The van der Waals surface area contributed by atoms with Crippen molar-refractivity contribution in [3.05, 3.63) is 48.0 Å². The minimum atomic E-state index is -0.637. The number of benzene rings is 1. The van der Waals surface area contributed by atoms with E-state index in [4.69, 9.17) is 4.74 Å². The highest BCUT2D eigenvalue weighted by atomic mass is 16.5. The molecule has 1 amide bonds. The molecular weight excluding hydrogens is 278 g/mol. The summed E-state index contributed by atoms with van der Waals surface area (Å²) >= 11 is 0. The molecule has 1 atom stereocenters. The van der Waals surface area contributed by atoms with Gasteiger partial charge in [-0.3, -0.25) is 9.59 Å². The fourth-order valence-corrected chi connectivity index (χ4v) is 2.77. The maximum Gasteiger partial charge on any atom is 0.313 e. The lowest BCUT2D eigenvalue weighted by Gasteiger charge is -2.38. The van der Waals surface area contributed by atoms with Gasteiger partial charge in [-0.05, 0) is 38.8 Å². The molecule has 0 spiro atoms. The number of carbonyl (C=O) groups is 2. The Balaban J connectivity index is 2.09. The fraction of sp³-hybridized carbons (Fsp3) is 0.444. The van der Waals surface area contributed by atoms with Crippen LogP contribution >= 0.6 is 0 Å². The largest absolute Gasteiger partial charge is 0.461 e. The number of ether oxygens (including phenoxy) is 1. The minimum absolute atomic E-state index is 0.0255. The first-order chi connectivity index (χ1) is 10.5. The molecule has 1 heterocycles. The highest BCUT2D eigenvalue weighted by molar-refractivity contribution is 5.94. The van der Waals surface area contributed by atoms with Crippen molar-refractivity contribution in [3.8, 4) is 0 Å². The molecule has 1 aromatic carbocycles. The van der Waals surface area contributed by atoms with Gasteiger partial charge in [0.15, 0.2) is 0 Å². The molecule has 0 aromatic heterocycles. The predicted molar refractivity (Wildman–Crippen MR) is 85.6 cm³/mol. The van der Waals surface area contributed by atoms with E-state index in [0.29, 0.717) is 18.7 Å². The molecule has 1 aliphatic rings. The van der Waals surface area contributed by atoms with E-state index in [2.05, 4.69) is 6.58 Å². The first kappa shape index (κ1) is 16.3. The van der Waals surface area contributed by atoms with Gasteiger partial charge < -0.3 is 9.64 Å². The average Bonchev–Trinajstić information content (AvgIpc) is 2.52. The van der Waals surface area contributed by atoms with Crippen LogP contribution in [0.25, 0.3) is 0 Å². The van der Waals surface area contributed by atoms with E-state index >= 15 is 0 Å². The van der Waals surface area contributed by atoms with Crippen molar-refractivity contribution in [2.75, 3.05) is 19.7 Å². The third-order valence-corrected chi connectivity index (χ3v) is 4.11. The van der Waals surface area contributed by atoms with Crippen LogP contribution in [0, 0.1) is 12.3 Å². The molecule has 0 saturated carbocycles. The van der Waals surface area contributed by atoms with Crippen LogP contribution in [0.4, 0.5) is 0 Å². The molecule has 4 nitrogen and oxygen atoms in total. The molecule has 0 N–H and O–H groups in total. The lowest BCUT2D eigenvalue weighted by atomic mass is 9.81. The number of rotatable bonds is 4. The Morgan fingerprint density at radius 2 is 2.05 bits per heavy atom. The standard InChI is InChI=1S/C18H23NO3/c1-4-12-22-17(21)18(3)10-5-11-19(13-18)16(20)15-8-6-14(2)7-9-15/h4,6-9H,1,5,10-13H2,2-3H3. The zero-order valence-corrected chi connectivity index (χ0v) is 13.3. The van der Waals surface area contributed by atoms with E-state index in [1.807, 2.05) is 38.1 Å². The molecule has 1 aliphatic heterocycles. The Morgan fingerprint density at radius 1 is 1.36 bits per heavy atom. The number of piperidine rings is 1. The van der Waals surface area contributed by atoms with Gasteiger partial charge in [-0.25, -0.2) is 0 Å². The van der Waals surface area contributed by atoms with Gasteiger partial charge in [0.2, 0.25) is 0 Å². The summed E-state index contributed by atoms with van der Waals surface area (Å²) < 4.78 is 5.19. The average molecular weight is 301 g/mol. The van der Waals surface area contributed by atoms with Crippen LogP contribution in [0.1, 0.15) is 35.7 Å². The second kappa shape index (κ2) is 6.77. The van der Waals surface area contributed by atoms with Gasteiger partial charge in [0.1, 0.15) is 6.61 Å². The van der Waals surface area contributed by atoms with Crippen LogP contribution in [-0.2, 0) is 9.53 Å². The van der Waals surface area contributed by atoms with Gasteiger partial charge in [-0.2, -0.15) is 0 Å². The van der Waals surface area contributed by atoms with E-state index < -0.39 is 5.41 Å². The summed E-state index contributed by atoms with van der Waals surface area (Å²) in [7, 11) is 0. The predicted octanol–water partition coefficient (Wildman–Crippen LogP) is 2.97. The van der Waals surface area contributed by atoms with Crippen molar-refractivity contribution in [3.63, 3.8) is 0 Å². The molecular formula is C18H23NO3. The lowest BCUT2D eigenvalue weighted by molar-refractivity contribution is -0.156. The van der Waals surface area contributed by atoms with Crippen LogP contribution in [-0.4, -0.2) is 36.5 Å². The summed E-state index contributed by atoms with van der Waals surface area (Å²) in [5.74, 6) is -0.281. The molecule has 1 aromatic rings. The van der Waals surface area contributed by atoms with Crippen LogP contribution in [0.5, 0.6) is 0 Å². The molecule has 2 rings (SSSR count). The second-order valence-corrected chi connectivity index (χ2v) is 6.14. The molecule has 118 valence electrons. The van der Waals surface area contributed by atoms with Gasteiger partial charge in [-0.15, -0.1) is 0 Å². The van der Waals surface area contributed by atoms with E-state index in [1.54, 1.807) is 11.0 Å². The molecule has 0 radical (unpaired) electrons. The third-order valence-electron chi connectivity index (χ3n) is 4.11. The van der Waals surface area contributed by atoms with Crippen molar-refractivity contribution in [1.29, 1.82) is 0 Å². The van der Waals surface area contributed by atoms with Crippen molar-refractivity contribution >= 4 is 11.9 Å². The smallest absolute Gasteiger partial charge is 0.313 e. The Labute approximate surface area is 131 Å². The molecule has 1 saturated heterocycles. The van der Waals surface area contributed by atoms with Gasteiger partial charge in [-0.1, -0.05) is 30.4 Å². The molecule has 4 heteroatoms. The zero-order valence-electron chi connectivity index (χ0n) is 13.3. The Kier molecular flexibility index (Phi) is 5.01. The summed E-state index contributed by atoms with van der Waals surface area (Å²) in [5.41, 5.74) is 1.14. The number of nitrogens with zero attached hydrogens (tertiary/aromatic N) is 1. The molecule has 22 heavy (non-hydrogen) atoms. The van der Waals surface area contributed by atoms with Gasteiger partial charge in [0.05, 0.1) is 5.41 Å². The lowest BCUT2D eigenvalue weighted by Crippen LogP contribution is -2.49. The summed E-state index contributed by atoms with van der Waals surface area (Å²) in [4.78, 5) is 26.6. The van der Waals surface area contributed by atoms with Crippen LogP contribution < -0.4 is 0 Å². The molecule has 0 aliphatic carbocycles. The first-order valence-corrected chi connectivity index (χ1v) is 7.60. The SMILES string of the molecule is C=CCOC(=O)C1(C)CCCN(C(=O)c2ccc(C)cc2)C1. The van der Waals surface area contributed by atoms with Crippen molar-refractivity contribution in [2.45, 2.75) is 26.7 Å². The van der Waals surface area contributed by atoms with E-state index in [1.165, 1.54) is 0 Å². The highest BCUT2D eigenvalue weighted by Crippen LogP contribution is 2.31. The number of esters is 1. The van der Waals surface area contributed by atoms with Crippen LogP contribution in [0.3, 0.4) is 0 Å². The number of aryl methyl sites for hydroxylation is 1. The first-order valence-electron chi connectivity index (χ1n) is 7.60. The van der Waals surface area contributed by atoms with Crippen LogP contribution in [0.2, 0.25) is 0 Å². The van der Waals surface area contributed by atoms with E-state index in [9.17, 15) is 9.59 Å². The maximum absolute atomic E-state index is 12.6. The number of carbonyl (C=O) groups excluding carboxylic acids is 2. The monoisotopic (exact) mass is 301 g/mol. The van der Waals surface area contributed by atoms with Gasteiger partial charge >= 0.3 is 5.97 Å². The van der Waals surface area contributed by atoms with Gasteiger partial charge in [0, 0.05) is 18.7 Å². The number of hydrogen-bond donors (Lipinski definition) is 0. The number of likely N-dealkylation sites (tertiary alicyclic amines) is 1. The quantitative estimate of drug-likeness (QED) is 0.634. The van der Waals surface area contributed by atoms with Gasteiger partial charge in [0.25, 0.3) is 5.91 Å². The zero-order chi connectivity index (χ0) is 16.2. The molecule has 1 fully saturated rings. The second-order valence-electron chi connectivity index (χ2n) is 6.14. The summed E-state index contributed by atoms with van der Waals surface area (Å²) in [5, 5.41) is 0. The minimum Gasteiger partial charge on any atom is -0.461 e. The normalized spacial score (nSPS) is 21.3. The molecule has 0 bridgehead atoms. The molecule has 1 unspecified atom stereocenters. The van der Waals surface area contributed by atoms with Crippen molar-refractivity contribution in [2.24, 2.45) is 5.41 Å². The van der Waals surface area contributed by atoms with Crippen molar-refractivity contribution < 1.29 is 14.3 Å². The Bertz CT molecular complexity index is 564. The maximum atomic E-state index is 12.6. The summed E-state index contributed by atoms with van der Waals surface area (Å²) in [6, 6.07) is 7.52. The number of hydrogen-bond acceptors (Lipinski definition) is 3.